The van der Waals surface area contributed by atoms with E-state index in [0.29, 0.717) is 0 Å². The third-order valence-electron chi connectivity index (χ3n) is 2.44. The van der Waals surface area contributed by atoms with Crippen molar-refractivity contribution in [2.75, 3.05) is 0 Å². The summed E-state index contributed by atoms with van der Waals surface area (Å²) in [7, 11) is 2.20. The average molecular weight is 144 g/mol. The Morgan fingerprint density at radius 3 is 2.27 bits per heavy atom. The summed E-state index contributed by atoms with van der Waals surface area (Å²) >= 11 is 0. The molecule has 1 heteroatoms. The first kappa shape index (κ1) is 6.96. The van der Waals surface area contributed by atoms with Crippen LogP contribution in [0.2, 0.25) is 0 Å². The van der Waals surface area contributed by atoms with Gasteiger partial charge >= 0.3 is 0 Å². The Bertz CT molecular complexity index is 234. The van der Waals surface area contributed by atoms with Crippen molar-refractivity contribution < 1.29 is 0 Å². The highest BCUT2D eigenvalue weighted by Gasteiger charge is 2.22. The third-order valence-corrected chi connectivity index (χ3v) is 2.44. The quantitative estimate of drug-likeness (QED) is 0.554. The molecular weight excluding hydrogens is 131 g/mol. The minimum Gasteiger partial charge on any atom is -0.0595 e. The highest BCUT2D eigenvalue weighted by molar-refractivity contribution is 6.08. The van der Waals surface area contributed by atoms with Crippen LogP contribution in [-0.4, -0.2) is 7.85 Å². The zero-order chi connectivity index (χ0) is 7.68. The van der Waals surface area contributed by atoms with Crippen molar-refractivity contribution >= 4 is 7.85 Å². The maximum Gasteiger partial charge on any atom is 0.107 e. The van der Waals surface area contributed by atoms with E-state index in [0.717, 1.165) is 12.2 Å². The Balaban J connectivity index is 2.19. The van der Waals surface area contributed by atoms with Gasteiger partial charge in [-0.05, 0) is 24.3 Å². The summed E-state index contributed by atoms with van der Waals surface area (Å²) in [6, 6.07) is 9.09. The Kier molecular flexibility index (Phi) is 1.73. The van der Waals surface area contributed by atoms with E-state index in [2.05, 4.69) is 32.1 Å². The second kappa shape index (κ2) is 2.73. The van der Waals surface area contributed by atoms with Crippen LogP contribution in [0.3, 0.4) is 0 Å². The number of benzene rings is 1. The molecule has 1 aromatic carbocycles. The second-order valence-electron chi connectivity index (χ2n) is 3.37. The molecule has 0 aliphatic heterocycles. The van der Waals surface area contributed by atoms with Crippen molar-refractivity contribution in [1.29, 1.82) is 0 Å². The first-order valence-corrected chi connectivity index (χ1v) is 4.49. The summed E-state index contributed by atoms with van der Waals surface area (Å²) in [6.07, 6.45) is 3.97. The van der Waals surface area contributed by atoms with Gasteiger partial charge in [0.25, 0.3) is 0 Å². The molecule has 11 heavy (non-hydrogen) atoms. The maximum atomic E-state index is 2.29. The summed E-state index contributed by atoms with van der Waals surface area (Å²) in [5.41, 5.74) is 3.00. The largest absolute Gasteiger partial charge is 0.107 e. The van der Waals surface area contributed by atoms with E-state index in [1.54, 1.807) is 5.56 Å². The molecule has 0 bridgehead atoms. The van der Waals surface area contributed by atoms with Gasteiger partial charge in [0.1, 0.15) is 7.85 Å². The van der Waals surface area contributed by atoms with E-state index in [4.69, 9.17) is 0 Å². The van der Waals surface area contributed by atoms with Gasteiger partial charge < -0.3 is 0 Å². The van der Waals surface area contributed by atoms with Crippen molar-refractivity contribution in [3.05, 3.63) is 35.4 Å². The molecule has 0 heterocycles. The molecule has 0 saturated heterocycles. The number of hydrogen-bond acceptors (Lipinski definition) is 0. The maximum absolute atomic E-state index is 2.29. The molecule has 0 radical (unpaired) electrons. The lowest BCUT2D eigenvalue weighted by molar-refractivity contribution is 1.12. The summed E-state index contributed by atoms with van der Waals surface area (Å²) in [5.74, 6) is 0.904. The normalized spacial score (nSPS) is 16.7. The van der Waals surface area contributed by atoms with Crippen LogP contribution in [0, 0.1) is 0 Å². The van der Waals surface area contributed by atoms with Gasteiger partial charge in [0.15, 0.2) is 0 Å². The van der Waals surface area contributed by atoms with E-state index in [1.165, 1.54) is 18.4 Å². The van der Waals surface area contributed by atoms with Gasteiger partial charge in [0.2, 0.25) is 0 Å². The van der Waals surface area contributed by atoms with Crippen LogP contribution < -0.4 is 0 Å². The predicted octanol–water partition coefficient (Wildman–Crippen LogP) is 1.70. The van der Waals surface area contributed by atoms with Crippen molar-refractivity contribution in [1.82, 2.24) is 0 Å². The predicted molar refractivity (Wildman–Crippen MR) is 50.7 cm³/mol. The summed E-state index contributed by atoms with van der Waals surface area (Å²) in [5, 5.41) is 0. The van der Waals surface area contributed by atoms with Crippen LogP contribution in [0.4, 0.5) is 0 Å². The Morgan fingerprint density at radius 1 is 1.18 bits per heavy atom. The first-order chi connectivity index (χ1) is 5.40. The fraction of sp³-hybridized carbons (Fsp3) is 0.400. The zero-order valence-electron chi connectivity index (χ0n) is 7.01. The molecule has 0 unspecified atom stereocenters. The highest BCUT2D eigenvalue weighted by Crippen LogP contribution is 2.39. The first-order valence-electron chi connectivity index (χ1n) is 4.49. The minimum absolute atomic E-state index is 0.904. The van der Waals surface area contributed by atoms with E-state index < -0.39 is 0 Å². The molecule has 0 atom stereocenters. The van der Waals surface area contributed by atoms with Crippen LogP contribution in [0.1, 0.15) is 29.9 Å². The molecule has 2 rings (SSSR count). The number of rotatable bonds is 2. The molecule has 1 saturated carbocycles. The summed E-state index contributed by atoms with van der Waals surface area (Å²) in [6.45, 7) is 0. The van der Waals surface area contributed by atoms with Gasteiger partial charge in [0.05, 0.1) is 0 Å². The minimum atomic E-state index is 0.904. The van der Waals surface area contributed by atoms with E-state index >= 15 is 0 Å². The van der Waals surface area contributed by atoms with Crippen molar-refractivity contribution in [3.8, 4) is 0 Å². The zero-order valence-corrected chi connectivity index (χ0v) is 7.01. The molecule has 0 aromatic heterocycles. The molecule has 1 aromatic rings. The lowest BCUT2D eigenvalue weighted by Crippen LogP contribution is -1.84. The van der Waals surface area contributed by atoms with Crippen molar-refractivity contribution in [2.45, 2.75) is 25.1 Å². The topological polar surface area (TPSA) is 0 Å². The van der Waals surface area contributed by atoms with Crippen molar-refractivity contribution in [2.24, 2.45) is 0 Å². The SMILES string of the molecule is BCc1ccc(C2CC2)cc1. The van der Waals surface area contributed by atoms with Crippen LogP contribution >= 0.6 is 0 Å². The van der Waals surface area contributed by atoms with Gasteiger partial charge in [-0.1, -0.05) is 36.1 Å². The highest BCUT2D eigenvalue weighted by atomic mass is 14.3. The van der Waals surface area contributed by atoms with Gasteiger partial charge in [0, 0.05) is 0 Å². The smallest absolute Gasteiger partial charge is 0.0595 e. The average Bonchev–Trinajstić information content (AvgIpc) is 2.87. The molecule has 1 fully saturated rings. The van der Waals surface area contributed by atoms with Crippen LogP contribution in [0.5, 0.6) is 0 Å². The molecule has 1 aliphatic rings. The lowest BCUT2D eigenvalue weighted by atomic mass is 9.96. The van der Waals surface area contributed by atoms with Crippen molar-refractivity contribution in [3.63, 3.8) is 0 Å². The fourth-order valence-corrected chi connectivity index (χ4v) is 1.44. The summed E-state index contributed by atoms with van der Waals surface area (Å²) < 4.78 is 0. The number of hydrogen-bond donors (Lipinski definition) is 0. The van der Waals surface area contributed by atoms with E-state index in [-0.39, 0.29) is 0 Å². The Hall–Kier alpha value is -0.715. The Morgan fingerprint density at radius 2 is 1.82 bits per heavy atom. The molecule has 56 valence electrons. The van der Waals surface area contributed by atoms with Gasteiger partial charge in [-0.3, -0.25) is 0 Å². The van der Waals surface area contributed by atoms with Crippen LogP contribution in [-0.2, 0) is 6.32 Å². The monoisotopic (exact) mass is 144 g/mol. The van der Waals surface area contributed by atoms with Gasteiger partial charge in [-0.15, -0.1) is 0 Å². The van der Waals surface area contributed by atoms with E-state index in [9.17, 15) is 0 Å². The standard InChI is InChI=1S/C10H13B/c11-7-8-1-3-9(4-2-8)10-5-6-10/h1-4,10H,5-7,11H2. The molecule has 0 nitrogen and oxygen atoms in total. The van der Waals surface area contributed by atoms with Gasteiger partial charge in [-0.2, -0.15) is 0 Å². The van der Waals surface area contributed by atoms with Crippen LogP contribution in [0.25, 0.3) is 0 Å². The second-order valence-corrected chi connectivity index (χ2v) is 3.37. The van der Waals surface area contributed by atoms with Gasteiger partial charge in [-0.25, -0.2) is 0 Å². The molecule has 0 N–H and O–H groups in total. The lowest BCUT2D eigenvalue weighted by Gasteiger charge is -1.98. The molecule has 0 amide bonds. The Labute approximate surface area is 69.0 Å². The molecular formula is C10H13B. The molecule has 0 spiro atoms. The van der Waals surface area contributed by atoms with E-state index in [1.807, 2.05) is 0 Å². The third kappa shape index (κ3) is 1.47. The molecule has 1 aliphatic carbocycles. The summed E-state index contributed by atoms with van der Waals surface area (Å²) in [4.78, 5) is 0. The fourth-order valence-electron chi connectivity index (χ4n) is 1.44. The van der Waals surface area contributed by atoms with Crippen LogP contribution in [0.15, 0.2) is 24.3 Å².